The van der Waals surface area contributed by atoms with Gasteiger partial charge in [0.2, 0.25) is 0 Å². The minimum Gasteiger partial charge on any atom is -0.314 e. The fraction of sp³-hybridized carbons (Fsp3) is 1.00. The molecule has 1 N–H and O–H groups in total. The van der Waals surface area contributed by atoms with Crippen LogP contribution in [0.25, 0.3) is 0 Å². The average Bonchev–Trinajstić information content (AvgIpc) is 2.67. The maximum absolute atomic E-state index is 12.2. The van der Waals surface area contributed by atoms with Crippen molar-refractivity contribution in [1.82, 2.24) is 5.32 Å². The molecule has 3 atom stereocenters. The molecule has 0 amide bonds. The number of nitrogens with one attached hydrogen (secondary N) is 1. The molecule has 2 fully saturated rings. The Kier molecular flexibility index (Phi) is 3.48. The summed E-state index contributed by atoms with van der Waals surface area (Å²) >= 11 is 0. The standard InChI is InChI=1S/C12H20F3N/c1-2-16-10(6-7-12(13,14)15)11-8-4-3-5-9(8)11/h8-11,16H,2-7H2,1H3. The molecular weight excluding hydrogens is 215 g/mol. The van der Waals surface area contributed by atoms with Gasteiger partial charge in [0.25, 0.3) is 0 Å². The lowest BCUT2D eigenvalue weighted by molar-refractivity contribution is -0.137. The highest BCUT2D eigenvalue weighted by molar-refractivity contribution is 5.06. The second-order valence-corrected chi connectivity index (χ2v) is 5.15. The first-order chi connectivity index (χ1) is 7.53. The molecule has 0 aromatic carbocycles. The molecular formula is C12H20F3N. The fourth-order valence-electron chi connectivity index (χ4n) is 3.49. The molecule has 0 heterocycles. The predicted molar refractivity (Wildman–Crippen MR) is 57.1 cm³/mol. The Labute approximate surface area is 94.8 Å². The van der Waals surface area contributed by atoms with Crippen molar-refractivity contribution < 1.29 is 13.2 Å². The van der Waals surface area contributed by atoms with E-state index in [1.165, 1.54) is 19.3 Å². The smallest absolute Gasteiger partial charge is 0.314 e. The highest BCUT2D eigenvalue weighted by atomic mass is 19.4. The van der Waals surface area contributed by atoms with Crippen LogP contribution in [-0.2, 0) is 0 Å². The quantitative estimate of drug-likeness (QED) is 0.770. The van der Waals surface area contributed by atoms with Crippen molar-refractivity contribution >= 4 is 0 Å². The highest BCUT2D eigenvalue weighted by Crippen LogP contribution is 2.59. The molecule has 0 aromatic rings. The van der Waals surface area contributed by atoms with Gasteiger partial charge in [0.15, 0.2) is 0 Å². The number of halogens is 3. The lowest BCUT2D eigenvalue weighted by Gasteiger charge is -2.20. The van der Waals surface area contributed by atoms with E-state index in [-0.39, 0.29) is 12.5 Å². The van der Waals surface area contributed by atoms with Crippen molar-refractivity contribution in [3.63, 3.8) is 0 Å². The van der Waals surface area contributed by atoms with Crippen LogP contribution < -0.4 is 5.32 Å². The topological polar surface area (TPSA) is 12.0 Å². The third-order valence-electron chi connectivity index (χ3n) is 4.14. The Morgan fingerprint density at radius 2 is 1.88 bits per heavy atom. The minimum atomic E-state index is -4.00. The first-order valence-corrected chi connectivity index (χ1v) is 6.33. The summed E-state index contributed by atoms with van der Waals surface area (Å²) in [6.07, 6.45) is -0.621. The molecule has 94 valence electrons. The summed E-state index contributed by atoms with van der Waals surface area (Å²) in [5.41, 5.74) is 0. The maximum atomic E-state index is 12.2. The van der Waals surface area contributed by atoms with Gasteiger partial charge in [-0.1, -0.05) is 13.3 Å². The second kappa shape index (κ2) is 4.55. The van der Waals surface area contributed by atoms with E-state index in [0.717, 1.165) is 18.4 Å². The van der Waals surface area contributed by atoms with Gasteiger partial charge in [-0.2, -0.15) is 13.2 Å². The first kappa shape index (κ1) is 12.2. The van der Waals surface area contributed by atoms with E-state index in [4.69, 9.17) is 0 Å². The van der Waals surface area contributed by atoms with Crippen molar-refractivity contribution in [3.8, 4) is 0 Å². The van der Waals surface area contributed by atoms with Crippen LogP contribution in [0.4, 0.5) is 13.2 Å². The van der Waals surface area contributed by atoms with Gasteiger partial charge in [-0.3, -0.25) is 0 Å². The fourth-order valence-corrected chi connectivity index (χ4v) is 3.49. The van der Waals surface area contributed by atoms with Gasteiger partial charge in [-0.15, -0.1) is 0 Å². The number of hydrogen-bond acceptors (Lipinski definition) is 1. The van der Waals surface area contributed by atoms with Crippen LogP contribution in [0, 0.1) is 17.8 Å². The van der Waals surface area contributed by atoms with Gasteiger partial charge >= 0.3 is 6.18 Å². The molecule has 1 nitrogen and oxygen atoms in total. The van der Waals surface area contributed by atoms with Gasteiger partial charge in [-0.25, -0.2) is 0 Å². The Morgan fingerprint density at radius 3 is 2.38 bits per heavy atom. The average molecular weight is 235 g/mol. The largest absolute Gasteiger partial charge is 0.389 e. The second-order valence-electron chi connectivity index (χ2n) is 5.15. The Morgan fingerprint density at radius 1 is 1.25 bits per heavy atom. The Hall–Kier alpha value is -0.250. The van der Waals surface area contributed by atoms with Gasteiger partial charge in [0, 0.05) is 12.5 Å². The van der Waals surface area contributed by atoms with E-state index in [1.54, 1.807) is 0 Å². The molecule has 4 heteroatoms. The highest BCUT2D eigenvalue weighted by Gasteiger charge is 2.55. The van der Waals surface area contributed by atoms with Gasteiger partial charge in [0.05, 0.1) is 0 Å². The Balaban J connectivity index is 1.81. The lowest BCUT2D eigenvalue weighted by atomic mass is 9.99. The summed E-state index contributed by atoms with van der Waals surface area (Å²) < 4.78 is 36.6. The molecule has 0 aromatic heterocycles. The van der Waals surface area contributed by atoms with Crippen LogP contribution in [0.1, 0.15) is 39.0 Å². The summed E-state index contributed by atoms with van der Waals surface area (Å²) in [6.45, 7) is 2.75. The third-order valence-corrected chi connectivity index (χ3v) is 4.14. The molecule has 0 radical (unpaired) electrons. The number of fused-ring (bicyclic) bond motifs is 1. The van der Waals surface area contributed by atoms with Crippen molar-refractivity contribution in [2.24, 2.45) is 17.8 Å². The summed E-state index contributed by atoms with van der Waals surface area (Å²) in [5, 5.41) is 3.25. The third kappa shape index (κ3) is 2.70. The van der Waals surface area contributed by atoms with Gasteiger partial charge < -0.3 is 5.32 Å². The molecule has 0 bridgehead atoms. The maximum Gasteiger partial charge on any atom is 0.389 e. The van der Waals surface area contributed by atoms with Gasteiger partial charge in [-0.05, 0) is 43.6 Å². The zero-order valence-electron chi connectivity index (χ0n) is 9.69. The molecule has 3 unspecified atom stereocenters. The predicted octanol–water partition coefficient (Wildman–Crippen LogP) is 3.35. The monoisotopic (exact) mass is 235 g/mol. The van der Waals surface area contributed by atoms with Crippen LogP contribution in [0.5, 0.6) is 0 Å². The molecule has 16 heavy (non-hydrogen) atoms. The molecule has 0 saturated heterocycles. The lowest BCUT2D eigenvalue weighted by Crippen LogP contribution is -2.33. The summed E-state index contributed by atoms with van der Waals surface area (Å²) in [4.78, 5) is 0. The normalized spacial score (nSPS) is 34.9. The van der Waals surface area contributed by atoms with Crippen LogP contribution in [0.2, 0.25) is 0 Å². The van der Waals surface area contributed by atoms with Gasteiger partial charge in [0.1, 0.15) is 0 Å². The van der Waals surface area contributed by atoms with Crippen molar-refractivity contribution in [1.29, 1.82) is 0 Å². The minimum absolute atomic E-state index is 0.0990. The molecule has 2 aliphatic carbocycles. The molecule has 0 spiro atoms. The molecule has 2 rings (SSSR count). The molecule has 0 aliphatic heterocycles. The first-order valence-electron chi connectivity index (χ1n) is 6.33. The zero-order valence-corrected chi connectivity index (χ0v) is 9.69. The van der Waals surface area contributed by atoms with E-state index in [2.05, 4.69) is 5.32 Å². The van der Waals surface area contributed by atoms with E-state index in [9.17, 15) is 13.2 Å². The van der Waals surface area contributed by atoms with Crippen LogP contribution in [0.3, 0.4) is 0 Å². The van der Waals surface area contributed by atoms with Crippen molar-refractivity contribution in [3.05, 3.63) is 0 Å². The van der Waals surface area contributed by atoms with Crippen molar-refractivity contribution in [2.75, 3.05) is 6.54 Å². The van der Waals surface area contributed by atoms with E-state index < -0.39 is 12.6 Å². The van der Waals surface area contributed by atoms with E-state index in [0.29, 0.717) is 5.92 Å². The molecule has 2 saturated carbocycles. The van der Waals surface area contributed by atoms with Crippen LogP contribution in [-0.4, -0.2) is 18.8 Å². The summed E-state index contributed by atoms with van der Waals surface area (Å²) in [6, 6.07) is 0.0990. The van der Waals surface area contributed by atoms with Crippen molar-refractivity contribution in [2.45, 2.75) is 51.2 Å². The summed E-state index contributed by atoms with van der Waals surface area (Å²) in [5.74, 6) is 2.01. The van der Waals surface area contributed by atoms with E-state index >= 15 is 0 Å². The SMILES string of the molecule is CCNC(CCC(F)(F)F)C1C2CCCC21. The number of rotatable bonds is 5. The van der Waals surface area contributed by atoms with E-state index in [1.807, 2.05) is 6.92 Å². The number of hydrogen-bond donors (Lipinski definition) is 1. The van der Waals surface area contributed by atoms with Crippen LogP contribution >= 0.6 is 0 Å². The zero-order chi connectivity index (χ0) is 11.8. The summed E-state index contributed by atoms with van der Waals surface area (Å²) in [7, 11) is 0. The Bertz CT molecular complexity index is 229. The molecule has 2 aliphatic rings. The number of alkyl halides is 3. The van der Waals surface area contributed by atoms with Crippen LogP contribution in [0.15, 0.2) is 0 Å².